The average molecular weight is 144 g/mol. The predicted octanol–water partition coefficient (Wildman–Crippen LogP) is 1.35. The molecule has 0 spiro atoms. The number of aliphatic hydroxyl groups excluding tert-OH is 1. The van der Waals surface area contributed by atoms with E-state index in [1.807, 2.05) is 19.1 Å². The Morgan fingerprint density at radius 1 is 1.40 bits per heavy atom. The lowest BCUT2D eigenvalue weighted by Gasteiger charge is -1.97. The van der Waals surface area contributed by atoms with E-state index in [2.05, 4.69) is 0 Å². The molecule has 60 valence electrons. The first-order valence-corrected chi connectivity index (χ1v) is 3.71. The van der Waals surface area contributed by atoms with E-state index < -0.39 is 0 Å². The molecule has 0 fully saturated rings. The average Bonchev–Trinajstić information content (AvgIpc) is 1.97. The van der Waals surface area contributed by atoms with E-state index >= 15 is 0 Å². The van der Waals surface area contributed by atoms with Crippen molar-refractivity contribution in [2.24, 2.45) is 0 Å². The van der Waals surface area contributed by atoms with E-state index in [-0.39, 0.29) is 6.61 Å². The minimum absolute atomic E-state index is 0.271. The summed E-state index contributed by atoms with van der Waals surface area (Å²) in [6.07, 6.45) is 5.73. The summed E-state index contributed by atoms with van der Waals surface area (Å²) in [7, 11) is 0. The van der Waals surface area contributed by atoms with Crippen LogP contribution < -0.4 is 0 Å². The van der Waals surface area contributed by atoms with Gasteiger partial charge in [-0.25, -0.2) is 0 Å². The van der Waals surface area contributed by atoms with Crippen LogP contribution in [0.25, 0.3) is 0 Å². The molecule has 0 saturated heterocycles. The van der Waals surface area contributed by atoms with Gasteiger partial charge in [0, 0.05) is 13.2 Å². The number of hydrogen-bond donors (Lipinski definition) is 1. The molecule has 2 heteroatoms. The summed E-state index contributed by atoms with van der Waals surface area (Å²) in [6.45, 7) is 3.69. The highest BCUT2D eigenvalue weighted by atomic mass is 16.5. The molecule has 0 aliphatic carbocycles. The van der Waals surface area contributed by atoms with Crippen molar-refractivity contribution in [1.82, 2.24) is 0 Å². The minimum Gasteiger partial charge on any atom is -0.396 e. The maximum Gasteiger partial charge on any atom is 0.0647 e. The van der Waals surface area contributed by atoms with E-state index in [0.717, 1.165) is 19.4 Å². The van der Waals surface area contributed by atoms with Crippen LogP contribution >= 0.6 is 0 Å². The zero-order valence-corrected chi connectivity index (χ0v) is 6.55. The molecule has 0 saturated carbocycles. The fraction of sp³-hybridized carbons (Fsp3) is 0.750. The predicted molar refractivity (Wildman–Crippen MR) is 42.0 cm³/mol. The molecule has 0 radical (unpaired) electrons. The first-order chi connectivity index (χ1) is 4.91. The van der Waals surface area contributed by atoms with Crippen LogP contribution in [0.15, 0.2) is 12.2 Å². The van der Waals surface area contributed by atoms with Crippen molar-refractivity contribution in [3.63, 3.8) is 0 Å². The molecule has 0 aliphatic heterocycles. The monoisotopic (exact) mass is 144 g/mol. The van der Waals surface area contributed by atoms with Gasteiger partial charge in [-0.2, -0.15) is 0 Å². The number of unbranched alkanes of at least 4 members (excludes halogenated alkanes) is 1. The summed E-state index contributed by atoms with van der Waals surface area (Å²) in [5.74, 6) is 0. The zero-order valence-electron chi connectivity index (χ0n) is 6.55. The van der Waals surface area contributed by atoms with E-state index in [4.69, 9.17) is 9.84 Å². The summed E-state index contributed by atoms with van der Waals surface area (Å²) in [6, 6.07) is 0. The first-order valence-electron chi connectivity index (χ1n) is 3.71. The minimum atomic E-state index is 0.271. The molecule has 2 nitrogen and oxygen atoms in total. The lowest BCUT2D eigenvalue weighted by molar-refractivity contribution is 0.150. The largest absolute Gasteiger partial charge is 0.396 e. The fourth-order valence-electron chi connectivity index (χ4n) is 0.564. The van der Waals surface area contributed by atoms with Crippen molar-refractivity contribution in [3.8, 4) is 0 Å². The molecule has 0 amide bonds. The van der Waals surface area contributed by atoms with Gasteiger partial charge in [-0.1, -0.05) is 12.2 Å². The second-order valence-electron chi connectivity index (χ2n) is 2.07. The summed E-state index contributed by atoms with van der Waals surface area (Å²) < 4.78 is 5.18. The Balaban J connectivity index is 2.77. The molecule has 10 heavy (non-hydrogen) atoms. The Labute approximate surface area is 62.5 Å². The summed E-state index contributed by atoms with van der Waals surface area (Å²) in [4.78, 5) is 0. The summed E-state index contributed by atoms with van der Waals surface area (Å²) in [5, 5.41) is 8.40. The van der Waals surface area contributed by atoms with Crippen LogP contribution in [0.2, 0.25) is 0 Å². The number of allylic oxidation sites excluding steroid dienone is 1. The summed E-state index contributed by atoms with van der Waals surface area (Å²) >= 11 is 0. The molecule has 0 atom stereocenters. The molecule has 0 unspecified atom stereocenters. The molecule has 0 aromatic heterocycles. The number of ether oxygens (including phenoxy) is 1. The Morgan fingerprint density at radius 2 is 2.20 bits per heavy atom. The van der Waals surface area contributed by atoms with Gasteiger partial charge in [0.05, 0.1) is 6.61 Å². The van der Waals surface area contributed by atoms with Gasteiger partial charge in [-0.15, -0.1) is 0 Å². The highest BCUT2D eigenvalue weighted by molar-refractivity contribution is 4.75. The van der Waals surface area contributed by atoms with Crippen LogP contribution in [0, 0.1) is 0 Å². The van der Waals surface area contributed by atoms with E-state index in [1.165, 1.54) is 0 Å². The maximum absolute atomic E-state index is 8.40. The van der Waals surface area contributed by atoms with Gasteiger partial charge in [0.2, 0.25) is 0 Å². The van der Waals surface area contributed by atoms with Crippen LogP contribution in [0.5, 0.6) is 0 Å². The number of hydrogen-bond acceptors (Lipinski definition) is 2. The van der Waals surface area contributed by atoms with Gasteiger partial charge in [-0.05, 0) is 19.8 Å². The topological polar surface area (TPSA) is 29.5 Å². The molecule has 0 aromatic rings. The Kier molecular flexibility index (Phi) is 8.37. The third kappa shape index (κ3) is 7.66. The number of aliphatic hydroxyl groups is 1. The lowest BCUT2D eigenvalue weighted by atomic mass is 10.3. The second-order valence-corrected chi connectivity index (χ2v) is 2.07. The zero-order chi connectivity index (χ0) is 7.66. The summed E-state index contributed by atoms with van der Waals surface area (Å²) in [5.41, 5.74) is 0. The molecule has 0 aromatic carbocycles. The van der Waals surface area contributed by atoms with Crippen LogP contribution in [0.4, 0.5) is 0 Å². The quantitative estimate of drug-likeness (QED) is 0.450. The van der Waals surface area contributed by atoms with Gasteiger partial charge < -0.3 is 9.84 Å². The normalized spacial score (nSPS) is 11.0. The van der Waals surface area contributed by atoms with Crippen molar-refractivity contribution in [2.75, 3.05) is 19.8 Å². The number of rotatable bonds is 6. The second kappa shape index (κ2) is 8.66. The van der Waals surface area contributed by atoms with Crippen LogP contribution in [0.3, 0.4) is 0 Å². The SMILES string of the molecule is C/C=C/COCCCCO. The molecule has 1 N–H and O–H groups in total. The lowest BCUT2D eigenvalue weighted by Crippen LogP contribution is -1.95. The van der Waals surface area contributed by atoms with Gasteiger partial charge in [0.25, 0.3) is 0 Å². The van der Waals surface area contributed by atoms with Gasteiger partial charge in [0.15, 0.2) is 0 Å². The van der Waals surface area contributed by atoms with Crippen molar-refractivity contribution < 1.29 is 9.84 Å². The first kappa shape index (κ1) is 9.66. The van der Waals surface area contributed by atoms with Crippen LogP contribution in [-0.4, -0.2) is 24.9 Å². The Morgan fingerprint density at radius 3 is 2.80 bits per heavy atom. The van der Waals surface area contributed by atoms with Crippen LogP contribution in [0.1, 0.15) is 19.8 Å². The smallest absolute Gasteiger partial charge is 0.0647 e. The molecule has 0 bridgehead atoms. The molecule has 0 aliphatic rings. The van der Waals surface area contributed by atoms with Crippen molar-refractivity contribution in [3.05, 3.63) is 12.2 Å². The molecular formula is C8H16O2. The third-order valence-electron chi connectivity index (χ3n) is 1.15. The van der Waals surface area contributed by atoms with Gasteiger partial charge >= 0.3 is 0 Å². The molecule has 0 heterocycles. The highest BCUT2D eigenvalue weighted by Gasteiger charge is 1.84. The molecular weight excluding hydrogens is 128 g/mol. The van der Waals surface area contributed by atoms with E-state index in [0.29, 0.717) is 6.61 Å². The van der Waals surface area contributed by atoms with Crippen molar-refractivity contribution >= 4 is 0 Å². The van der Waals surface area contributed by atoms with Gasteiger partial charge in [-0.3, -0.25) is 0 Å². The van der Waals surface area contributed by atoms with E-state index in [9.17, 15) is 0 Å². The Bertz CT molecular complexity index is 79.3. The standard InChI is InChI=1S/C8H16O2/c1-2-3-7-10-8-5-4-6-9/h2-3,9H,4-8H2,1H3/b3-2+. The van der Waals surface area contributed by atoms with Gasteiger partial charge in [0.1, 0.15) is 0 Å². The highest BCUT2D eigenvalue weighted by Crippen LogP contribution is 1.88. The van der Waals surface area contributed by atoms with E-state index in [1.54, 1.807) is 0 Å². The Hall–Kier alpha value is -0.340. The fourth-order valence-corrected chi connectivity index (χ4v) is 0.564. The van der Waals surface area contributed by atoms with Crippen molar-refractivity contribution in [1.29, 1.82) is 0 Å². The maximum atomic E-state index is 8.40. The third-order valence-corrected chi connectivity index (χ3v) is 1.15. The molecule has 0 rings (SSSR count). The van der Waals surface area contributed by atoms with Crippen LogP contribution in [-0.2, 0) is 4.74 Å². The van der Waals surface area contributed by atoms with Crippen molar-refractivity contribution in [2.45, 2.75) is 19.8 Å².